The summed E-state index contributed by atoms with van der Waals surface area (Å²) in [5.74, 6) is 0.967. The first-order chi connectivity index (χ1) is 15.0. The van der Waals surface area contributed by atoms with Gasteiger partial charge in [-0.1, -0.05) is 30.3 Å². The maximum Gasteiger partial charge on any atom is 0.243 e. The Labute approximate surface area is 185 Å². The van der Waals surface area contributed by atoms with Crippen LogP contribution in [0.15, 0.2) is 35.3 Å². The normalized spacial score (nSPS) is 20.1. The second kappa shape index (κ2) is 11.1. The van der Waals surface area contributed by atoms with E-state index in [2.05, 4.69) is 32.2 Å². The average Bonchev–Trinajstić information content (AvgIpc) is 3.22. The second-order valence-electron chi connectivity index (χ2n) is 8.54. The molecular formula is C23H36N6O2. The van der Waals surface area contributed by atoms with Crippen molar-refractivity contribution < 1.29 is 9.59 Å². The third-order valence-electron chi connectivity index (χ3n) is 6.10. The topological polar surface area (TPSA) is 71.5 Å². The number of hydrogen-bond donors (Lipinski definition) is 1. The van der Waals surface area contributed by atoms with Gasteiger partial charge < -0.3 is 20.0 Å². The van der Waals surface area contributed by atoms with Gasteiger partial charge in [-0.15, -0.1) is 0 Å². The number of piperazine rings is 1. The second-order valence-corrected chi connectivity index (χ2v) is 8.54. The van der Waals surface area contributed by atoms with Gasteiger partial charge in [0, 0.05) is 46.8 Å². The molecule has 170 valence electrons. The number of nitrogens with one attached hydrogen (secondary N) is 1. The fourth-order valence-electron chi connectivity index (χ4n) is 4.09. The highest BCUT2D eigenvalue weighted by atomic mass is 16.2. The van der Waals surface area contributed by atoms with Crippen LogP contribution >= 0.6 is 0 Å². The quantitative estimate of drug-likeness (QED) is 0.528. The number of carbonyl (C=O) groups excluding carboxylic acids is 2. The Balaban J connectivity index is 1.57. The number of guanidine groups is 1. The molecule has 0 saturated carbocycles. The van der Waals surface area contributed by atoms with Crippen molar-refractivity contribution in [2.45, 2.75) is 25.3 Å². The molecule has 2 aliphatic rings. The lowest BCUT2D eigenvalue weighted by Gasteiger charge is -2.38. The van der Waals surface area contributed by atoms with Gasteiger partial charge in [-0.05, 0) is 38.4 Å². The monoisotopic (exact) mass is 428 g/mol. The summed E-state index contributed by atoms with van der Waals surface area (Å²) in [5, 5.41) is 3.43. The van der Waals surface area contributed by atoms with Crippen LogP contribution < -0.4 is 5.32 Å². The number of hydrogen-bond acceptors (Lipinski definition) is 4. The molecule has 8 heteroatoms. The lowest BCUT2D eigenvalue weighted by atomic mass is 10.1. The fraction of sp³-hybridized carbons (Fsp3) is 0.609. The molecule has 3 rings (SSSR count). The molecule has 2 amide bonds. The van der Waals surface area contributed by atoms with Crippen molar-refractivity contribution in [3.8, 4) is 0 Å². The summed E-state index contributed by atoms with van der Waals surface area (Å²) in [5.41, 5.74) is 1.26. The third kappa shape index (κ3) is 6.43. The number of benzene rings is 1. The van der Waals surface area contributed by atoms with Gasteiger partial charge >= 0.3 is 0 Å². The zero-order valence-electron chi connectivity index (χ0n) is 19.1. The first-order valence-electron chi connectivity index (χ1n) is 11.2. The van der Waals surface area contributed by atoms with Gasteiger partial charge in [-0.2, -0.15) is 0 Å². The first kappa shape index (κ1) is 23.1. The molecule has 0 spiro atoms. The summed E-state index contributed by atoms with van der Waals surface area (Å²) in [6, 6.07) is 10.3. The smallest absolute Gasteiger partial charge is 0.243 e. The molecule has 0 aromatic heterocycles. The van der Waals surface area contributed by atoms with Gasteiger partial charge in [0.2, 0.25) is 11.8 Å². The molecule has 31 heavy (non-hydrogen) atoms. The first-order valence-corrected chi connectivity index (χ1v) is 11.2. The molecule has 0 radical (unpaired) electrons. The summed E-state index contributed by atoms with van der Waals surface area (Å²) in [6.07, 6.45) is 2.93. The van der Waals surface area contributed by atoms with Crippen LogP contribution in [0.2, 0.25) is 0 Å². The molecule has 2 fully saturated rings. The molecule has 1 N–H and O–H groups in total. The van der Waals surface area contributed by atoms with Crippen molar-refractivity contribution in [1.29, 1.82) is 0 Å². The van der Waals surface area contributed by atoms with Gasteiger partial charge in [0.25, 0.3) is 0 Å². The molecule has 2 saturated heterocycles. The van der Waals surface area contributed by atoms with E-state index in [0.29, 0.717) is 13.1 Å². The average molecular weight is 429 g/mol. The van der Waals surface area contributed by atoms with E-state index in [4.69, 9.17) is 0 Å². The summed E-state index contributed by atoms with van der Waals surface area (Å²) < 4.78 is 0. The number of aliphatic imine (C=N–C) groups is 1. The van der Waals surface area contributed by atoms with Crippen LogP contribution in [0.3, 0.4) is 0 Å². The van der Waals surface area contributed by atoms with Gasteiger partial charge in [0.15, 0.2) is 5.96 Å². The highest BCUT2D eigenvalue weighted by molar-refractivity contribution is 5.85. The van der Waals surface area contributed by atoms with Crippen LogP contribution in [0, 0.1) is 0 Å². The Kier molecular flexibility index (Phi) is 8.28. The predicted molar refractivity (Wildman–Crippen MR) is 123 cm³/mol. The number of nitrogens with zero attached hydrogens (tertiary/aromatic N) is 5. The van der Waals surface area contributed by atoms with Crippen LogP contribution in [-0.4, -0.2) is 110 Å². The molecular weight excluding hydrogens is 392 g/mol. The van der Waals surface area contributed by atoms with E-state index in [0.717, 1.165) is 51.4 Å². The Morgan fingerprint density at radius 1 is 1.06 bits per heavy atom. The van der Waals surface area contributed by atoms with Gasteiger partial charge in [0.1, 0.15) is 6.54 Å². The molecule has 1 unspecified atom stereocenters. The minimum absolute atomic E-state index is 0.0274. The summed E-state index contributed by atoms with van der Waals surface area (Å²) in [7, 11) is 5.52. The maximum absolute atomic E-state index is 12.9. The fourth-order valence-corrected chi connectivity index (χ4v) is 4.09. The molecule has 2 aliphatic heterocycles. The van der Waals surface area contributed by atoms with E-state index in [9.17, 15) is 9.59 Å². The van der Waals surface area contributed by atoms with Gasteiger partial charge in [-0.25, -0.2) is 4.99 Å². The Morgan fingerprint density at radius 2 is 1.74 bits per heavy atom. The number of rotatable bonds is 6. The third-order valence-corrected chi connectivity index (χ3v) is 6.10. The standard InChI is InChI=1S/C23H36N6O2/c1-26(2)21(30)18-25-23(24-12-11-19-8-5-4-6-9-19)29-16-14-28(15-17-29)22(31)20-10-7-13-27(20)3/h4-6,8-9,20H,7,10-18H2,1-3H3,(H,24,25). The predicted octanol–water partition coefficient (Wildman–Crippen LogP) is 0.501. The van der Waals surface area contributed by atoms with Crippen LogP contribution in [0.4, 0.5) is 0 Å². The Bertz CT molecular complexity index is 759. The molecule has 0 aliphatic carbocycles. The number of likely N-dealkylation sites (N-methyl/N-ethyl adjacent to an activating group) is 2. The van der Waals surface area contributed by atoms with E-state index < -0.39 is 0 Å². The Morgan fingerprint density at radius 3 is 2.35 bits per heavy atom. The van der Waals surface area contributed by atoms with E-state index in [-0.39, 0.29) is 24.4 Å². The van der Waals surface area contributed by atoms with Crippen LogP contribution in [0.1, 0.15) is 18.4 Å². The van der Waals surface area contributed by atoms with Crippen molar-refractivity contribution in [2.75, 3.05) is 67.0 Å². The van der Waals surface area contributed by atoms with Crippen molar-refractivity contribution >= 4 is 17.8 Å². The van der Waals surface area contributed by atoms with Crippen molar-refractivity contribution in [3.05, 3.63) is 35.9 Å². The molecule has 1 aromatic carbocycles. The molecule has 1 atom stereocenters. The zero-order chi connectivity index (χ0) is 22.2. The number of amides is 2. The van der Waals surface area contributed by atoms with E-state index in [1.807, 2.05) is 30.1 Å². The molecule has 2 heterocycles. The van der Waals surface area contributed by atoms with Crippen molar-refractivity contribution in [3.63, 3.8) is 0 Å². The number of carbonyl (C=O) groups is 2. The maximum atomic E-state index is 12.9. The molecule has 0 bridgehead atoms. The zero-order valence-corrected chi connectivity index (χ0v) is 19.1. The highest BCUT2D eigenvalue weighted by Crippen LogP contribution is 2.18. The summed E-state index contributed by atoms with van der Waals surface area (Å²) >= 11 is 0. The Hall–Kier alpha value is -2.61. The summed E-state index contributed by atoms with van der Waals surface area (Å²) in [6.45, 7) is 4.66. The highest BCUT2D eigenvalue weighted by Gasteiger charge is 2.33. The van der Waals surface area contributed by atoms with E-state index in [1.54, 1.807) is 19.0 Å². The largest absolute Gasteiger partial charge is 0.356 e. The molecule has 1 aromatic rings. The van der Waals surface area contributed by atoms with Gasteiger partial charge in [-0.3, -0.25) is 14.5 Å². The summed E-state index contributed by atoms with van der Waals surface area (Å²) in [4.78, 5) is 37.4. The minimum atomic E-state index is -0.0274. The van der Waals surface area contributed by atoms with Crippen LogP contribution in [-0.2, 0) is 16.0 Å². The van der Waals surface area contributed by atoms with Crippen molar-refractivity contribution in [2.24, 2.45) is 4.99 Å². The van der Waals surface area contributed by atoms with E-state index >= 15 is 0 Å². The van der Waals surface area contributed by atoms with Crippen molar-refractivity contribution in [1.82, 2.24) is 24.9 Å². The SMILES string of the molecule is CN(C)C(=O)CN=C(NCCc1ccccc1)N1CCN(C(=O)C2CCCN2C)CC1. The van der Waals surface area contributed by atoms with Crippen LogP contribution in [0.25, 0.3) is 0 Å². The minimum Gasteiger partial charge on any atom is -0.356 e. The van der Waals surface area contributed by atoms with E-state index in [1.165, 1.54) is 5.56 Å². The molecule has 8 nitrogen and oxygen atoms in total. The lowest BCUT2D eigenvalue weighted by Crippen LogP contribution is -2.56. The lowest BCUT2D eigenvalue weighted by molar-refractivity contribution is -0.136. The van der Waals surface area contributed by atoms with Crippen LogP contribution in [0.5, 0.6) is 0 Å². The number of likely N-dealkylation sites (tertiary alicyclic amines) is 1. The van der Waals surface area contributed by atoms with Gasteiger partial charge in [0.05, 0.1) is 6.04 Å².